The van der Waals surface area contributed by atoms with Gasteiger partial charge in [0.2, 0.25) is 5.89 Å². The summed E-state index contributed by atoms with van der Waals surface area (Å²) < 4.78 is 11.8. The summed E-state index contributed by atoms with van der Waals surface area (Å²) in [7, 11) is 0. The zero-order valence-electron chi connectivity index (χ0n) is 12.9. The smallest absolute Gasteiger partial charge is 0.325 e. The molecule has 0 bridgehead atoms. The average Bonchev–Trinajstić information content (AvgIpc) is 3.34. The van der Waals surface area contributed by atoms with E-state index in [2.05, 4.69) is 31.4 Å². The molecule has 3 amide bonds. The molecule has 3 aromatic heterocycles. The molecule has 0 aromatic carbocycles. The Bertz CT molecular complexity index is 951. The van der Waals surface area contributed by atoms with Crippen LogP contribution in [0, 0.1) is 0 Å². The molecule has 10 heteroatoms. The molecule has 0 spiro atoms. The highest BCUT2D eigenvalue weighted by Gasteiger charge is 2.51. The number of rotatable bonds is 4. The number of furan rings is 1. The van der Waals surface area contributed by atoms with E-state index in [0.29, 0.717) is 11.7 Å². The van der Waals surface area contributed by atoms with E-state index >= 15 is 0 Å². The number of nitrogens with zero attached hydrogens (tertiary/aromatic N) is 3. The fraction of sp³-hybridized carbons (Fsp3) is 0.200. The molecule has 3 aromatic rings. The van der Waals surface area contributed by atoms with E-state index in [1.165, 1.54) is 17.6 Å². The van der Waals surface area contributed by atoms with Crippen LogP contribution in [0.3, 0.4) is 0 Å². The quantitative estimate of drug-likeness (QED) is 0.648. The largest absolute Gasteiger partial charge is 0.466 e. The lowest BCUT2D eigenvalue weighted by Crippen LogP contribution is -2.40. The summed E-state index contributed by atoms with van der Waals surface area (Å²) in [5, 5.41) is 10.5. The van der Waals surface area contributed by atoms with Crippen molar-refractivity contribution >= 4 is 39.2 Å². The normalized spacial score (nSPS) is 20.3. The molecule has 1 unspecified atom stereocenters. The van der Waals surface area contributed by atoms with Gasteiger partial charge in [0.05, 0.1) is 14.9 Å². The molecular weight excluding hydrogens is 412 g/mol. The van der Waals surface area contributed by atoms with Crippen LogP contribution in [0.25, 0.3) is 10.8 Å². The molecule has 1 fully saturated rings. The third-order valence-electron chi connectivity index (χ3n) is 3.83. The first kappa shape index (κ1) is 16.0. The number of carbonyl (C=O) groups is 2. The van der Waals surface area contributed by atoms with Crippen molar-refractivity contribution in [3.8, 4) is 10.8 Å². The van der Waals surface area contributed by atoms with Gasteiger partial charge in [-0.25, -0.2) is 4.79 Å². The minimum Gasteiger partial charge on any atom is -0.466 e. The van der Waals surface area contributed by atoms with Gasteiger partial charge in [-0.15, -0.1) is 21.5 Å². The van der Waals surface area contributed by atoms with Crippen LogP contribution in [0.15, 0.2) is 43.1 Å². The lowest BCUT2D eigenvalue weighted by molar-refractivity contribution is -0.132. The molecule has 1 aliphatic rings. The summed E-state index contributed by atoms with van der Waals surface area (Å²) in [6.45, 7) is 1.48. The number of amides is 3. The number of carbonyl (C=O) groups excluding carboxylic acids is 2. The Morgan fingerprint density at radius 1 is 1.32 bits per heavy atom. The zero-order valence-corrected chi connectivity index (χ0v) is 15.3. The summed E-state index contributed by atoms with van der Waals surface area (Å²) in [6, 6.07) is 6.47. The maximum atomic E-state index is 12.7. The van der Waals surface area contributed by atoms with Crippen molar-refractivity contribution in [2.75, 3.05) is 0 Å². The Labute approximate surface area is 154 Å². The van der Waals surface area contributed by atoms with Crippen molar-refractivity contribution in [2.24, 2.45) is 0 Å². The molecule has 0 saturated carbocycles. The van der Waals surface area contributed by atoms with E-state index in [0.717, 1.165) is 13.6 Å². The lowest BCUT2D eigenvalue weighted by atomic mass is 9.99. The molecule has 1 saturated heterocycles. The Morgan fingerprint density at radius 3 is 2.84 bits per heavy atom. The molecule has 128 valence electrons. The van der Waals surface area contributed by atoms with Gasteiger partial charge in [-0.05, 0) is 47.1 Å². The molecule has 0 radical (unpaired) electrons. The molecule has 8 nitrogen and oxygen atoms in total. The highest BCUT2D eigenvalue weighted by atomic mass is 79.9. The topological polar surface area (TPSA) is 101 Å². The molecule has 0 aliphatic carbocycles. The number of imide groups is 1. The number of hydrogen-bond acceptors (Lipinski definition) is 7. The van der Waals surface area contributed by atoms with Gasteiger partial charge in [-0.2, -0.15) is 0 Å². The maximum Gasteiger partial charge on any atom is 0.325 e. The molecule has 25 heavy (non-hydrogen) atoms. The average molecular weight is 423 g/mol. The van der Waals surface area contributed by atoms with Gasteiger partial charge in [0, 0.05) is 0 Å². The van der Waals surface area contributed by atoms with Gasteiger partial charge in [0.1, 0.15) is 12.3 Å². The second-order valence-corrected chi connectivity index (χ2v) is 7.99. The minimum atomic E-state index is -1.25. The molecule has 4 heterocycles. The van der Waals surface area contributed by atoms with Crippen LogP contribution in [0.2, 0.25) is 0 Å². The van der Waals surface area contributed by atoms with Gasteiger partial charge < -0.3 is 14.2 Å². The molecule has 1 aliphatic heterocycles. The van der Waals surface area contributed by atoms with E-state index in [1.54, 1.807) is 19.1 Å². The van der Waals surface area contributed by atoms with E-state index in [4.69, 9.17) is 8.83 Å². The van der Waals surface area contributed by atoms with Crippen molar-refractivity contribution in [1.82, 2.24) is 20.4 Å². The van der Waals surface area contributed by atoms with Crippen LogP contribution in [0.4, 0.5) is 4.79 Å². The van der Waals surface area contributed by atoms with Crippen LogP contribution < -0.4 is 5.32 Å². The van der Waals surface area contributed by atoms with Crippen LogP contribution in [0.5, 0.6) is 0 Å². The number of halogens is 1. The van der Waals surface area contributed by atoms with Crippen molar-refractivity contribution in [2.45, 2.75) is 19.0 Å². The first-order valence-electron chi connectivity index (χ1n) is 7.23. The molecular formula is C15H11BrN4O4S. The van der Waals surface area contributed by atoms with E-state index < -0.39 is 17.5 Å². The van der Waals surface area contributed by atoms with Crippen molar-refractivity contribution in [3.05, 3.63) is 46.0 Å². The number of aromatic nitrogens is 2. The zero-order chi connectivity index (χ0) is 17.6. The van der Waals surface area contributed by atoms with Crippen LogP contribution in [0.1, 0.15) is 18.6 Å². The van der Waals surface area contributed by atoms with Gasteiger partial charge >= 0.3 is 6.03 Å². The van der Waals surface area contributed by atoms with E-state index in [-0.39, 0.29) is 12.4 Å². The molecule has 1 N–H and O–H groups in total. The summed E-state index contributed by atoms with van der Waals surface area (Å²) in [5.74, 6) is 0.437. The van der Waals surface area contributed by atoms with Crippen molar-refractivity contribution < 1.29 is 18.4 Å². The van der Waals surface area contributed by atoms with Crippen LogP contribution in [-0.4, -0.2) is 27.0 Å². The second-order valence-electron chi connectivity index (χ2n) is 5.53. The highest BCUT2D eigenvalue weighted by Crippen LogP contribution is 2.32. The number of thiophene rings is 1. The number of urea groups is 1. The predicted molar refractivity (Wildman–Crippen MR) is 90.5 cm³/mol. The van der Waals surface area contributed by atoms with Gasteiger partial charge in [-0.1, -0.05) is 0 Å². The standard InChI is InChI=1S/C15H11BrN4O4S/c1-15(9-3-2-6-23-9)13(21)20(14(22)17-15)7-11-18-19-12(24-11)8-4-5-10(16)25-8/h2-6H,7H2,1H3,(H,17,22). The molecule has 4 rings (SSSR count). The van der Waals surface area contributed by atoms with Gasteiger partial charge in [0.25, 0.3) is 11.8 Å². The fourth-order valence-corrected chi connectivity index (χ4v) is 3.86. The number of nitrogens with one attached hydrogen (secondary N) is 1. The minimum absolute atomic E-state index is 0.111. The number of hydrogen-bond donors (Lipinski definition) is 1. The van der Waals surface area contributed by atoms with Gasteiger partial charge in [-0.3, -0.25) is 9.69 Å². The third kappa shape index (κ3) is 2.67. The first-order chi connectivity index (χ1) is 12.0. The Balaban J connectivity index is 1.56. The molecule has 1 atom stereocenters. The Kier molecular flexibility index (Phi) is 3.73. The SMILES string of the molecule is CC1(c2ccco2)NC(=O)N(Cc2nnc(-c3ccc(Br)s3)o2)C1=O. The summed E-state index contributed by atoms with van der Waals surface area (Å²) in [5.41, 5.74) is -1.25. The highest BCUT2D eigenvalue weighted by molar-refractivity contribution is 9.11. The summed E-state index contributed by atoms with van der Waals surface area (Å²) >= 11 is 4.81. The monoisotopic (exact) mass is 422 g/mol. The second kappa shape index (κ2) is 5.81. The van der Waals surface area contributed by atoms with Gasteiger partial charge in [0.15, 0.2) is 5.54 Å². The fourth-order valence-electron chi connectivity index (χ4n) is 2.55. The Morgan fingerprint density at radius 2 is 2.16 bits per heavy atom. The van der Waals surface area contributed by atoms with E-state index in [1.807, 2.05) is 12.1 Å². The van der Waals surface area contributed by atoms with Crippen LogP contribution >= 0.6 is 27.3 Å². The third-order valence-corrected chi connectivity index (χ3v) is 5.44. The predicted octanol–water partition coefficient (Wildman–Crippen LogP) is 3.12. The summed E-state index contributed by atoms with van der Waals surface area (Å²) in [6.07, 6.45) is 1.45. The van der Waals surface area contributed by atoms with Crippen molar-refractivity contribution in [1.29, 1.82) is 0 Å². The van der Waals surface area contributed by atoms with Crippen LogP contribution in [-0.2, 0) is 16.9 Å². The first-order valence-corrected chi connectivity index (χ1v) is 8.84. The van der Waals surface area contributed by atoms with E-state index in [9.17, 15) is 9.59 Å². The Hall–Kier alpha value is -2.46. The maximum absolute atomic E-state index is 12.7. The summed E-state index contributed by atoms with van der Waals surface area (Å²) in [4.78, 5) is 26.8. The lowest BCUT2D eigenvalue weighted by Gasteiger charge is -2.18. The van der Waals surface area contributed by atoms with Crippen molar-refractivity contribution in [3.63, 3.8) is 0 Å².